The van der Waals surface area contributed by atoms with Gasteiger partial charge in [0.15, 0.2) is 0 Å². The first-order chi connectivity index (χ1) is 6.43. The van der Waals surface area contributed by atoms with E-state index in [0.717, 1.165) is 6.07 Å². The van der Waals surface area contributed by atoms with E-state index in [1.165, 1.54) is 0 Å². The third-order valence-corrected chi connectivity index (χ3v) is 3.07. The Morgan fingerprint density at radius 2 is 2.07 bits per heavy atom. The van der Waals surface area contributed by atoms with Gasteiger partial charge >= 0.3 is 5.82 Å². The maximum absolute atomic E-state index is 12.4. The van der Waals surface area contributed by atoms with Gasteiger partial charge in [-0.05, 0) is 32.5 Å². The Bertz CT molecular complexity index is 363. The van der Waals surface area contributed by atoms with Crippen LogP contribution in [0.2, 0.25) is 0 Å². The summed E-state index contributed by atoms with van der Waals surface area (Å²) in [6.45, 7) is 0. The lowest BCUT2D eigenvalue weighted by atomic mass is 10.3. The highest BCUT2D eigenvalue weighted by Gasteiger charge is 2.23. The second-order valence-electron chi connectivity index (χ2n) is 2.22. The number of alkyl halides is 2. The fraction of sp³-hybridized carbons (Fsp3) is 0.167. The summed E-state index contributed by atoms with van der Waals surface area (Å²) < 4.78 is 24.9. The van der Waals surface area contributed by atoms with Crippen molar-refractivity contribution in [2.75, 3.05) is 0 Å². The number of pyridine rings is 1. The van der Waals surface area contributed by atoms with Gasteiger partial charge in [0.2, 0.25) is 3.70 Å². The van der Waals surface area contributed by atoms with Gasteiger partial charge in [0, 0.05) is 32.2 Å². The van der Waals surface area contributed by atoms with Crippen LogP contribution < -0.4 is 0 Å². The molecule has 0 unspecified atom stereocenters. The van der Waals surface area contributed by atoms with Crippen molar-refractivity contribution >= 4 is 51.0 Å². The van der Waals surface area contributed by atoms with Crippen molar-refractivity contribution in [3.8, 4) is 0 Å². The fourth-order valence-corrected chi connectivity index (χ4v) is 2.83. The first kappa shape index (κ1) is 11.9. The molecule has 14 heavy (non-hydrogen) atoms. The lowest BCUT2D eigenvalue weighted by molar-refractivity contribution is -0.389. The Hall–Kier alpha value is -0.130. The van der Waals surface area contributed by atoms with Crippen molar-refractivity contribution in [3.63, 3.8) is 0 Å². The zero-order valence-electron chi connectivity index (χ0n) is 6.38. The standard InChI is InChI=1S/C6H2F2I2N2O2/c7-5(8)4-2(9)1-3(12(13)14)11-6(4)10/h1,5H. The molecule has 4 nitrogen and oxygen atoms in total. The summed E-state index contributed by atoms with van der Waals surface area (Å²) in [5, 5.41) is 10.3. The molecule has 0 atom stereocenters. The Labute approximate surface area is 105 Å². The van der Waals surface area contributed by atoms with Gasteiger partial charge in [-0.25, -0.2) is 8.78 Å². The minimum absolute atomic E-state index is 0.0313. The zero-order chi connectivity index (χ0) is 10.9. The molecule has 0 spiro atoms. The minimum atomic E-state index is -2.66. The molecular weight excluding hydrogens is 424 g/mol. The van der Waals surface area contributed by atoms with Crippen LogP contribution in [-0.2, 0) is 0 Å². The van der Waals surface area contributed by atoms with Crippen LogP contribution in [0, 0.1) is 17.4 Å². The second-order valence-corrected chi connectivity index (χ2v) is 4.41. The number of nitrogens with zero attached hydrogens (tertiary/aromatic N) is 2. The molecule has 0 saturated heterocycles. The summed E-state index contributed by atoms with van der Waals surface area (Å²) in [6.07, 6.45) is -2.66. The summed E-state index contributed by atoms with van der Waals surface area (Å²) in [4.78, 5) is 13.1. The molecule has 1 aromatic heterocycles. The lowest BCUT2D eigenvalue weighted by Gasteiger charge is -2.02. The third-order valence-electron chi connectivity index (χ3n) is 1.35. The molecule has 76 valence electrons. The van der Waals surface area contributed by atoms with Crippen LogP contribution in [0.3, 0.4) is 0 Å². The molecule has 0 amide bonds. The lowest BCUT2D eigenvalue weighted by Crippen LogP contribution is -2.01. The average Bonchev–Trinajstić information content (AvgIpc) is 2.01. The Morgan fingerprint density at radius 3 is 2.43 bits per heavy atom. The number of halogens is 4. The van der Waals surface area contributed by atoms with Gasteiger partial charge in [0.1, 0.15) is 0 Å². The topological polar surface area (TPSA) is 56.0 Å². The molecule has 0 saturated carbocycles. The first-order valence-electron chi connectivity index (χ1n) is 3.22. The van der Waals surface area contributed by atoms with E-state index in [1.54, 1.807) is 45.2 Å². The van der Waals surface area contributed by atoms with Crippen molar-refractivity contribution in [1.29, 1.82) is 0 Å². The van der Waals surface area contributed by atoms with Gasteiger partial charge < -0.3 is 10.1 Å². The van der Waals surface area contributed by atoms with Crippen molar-refractivity contribution in [2.45, 2.75) is 6.43 Å². The van der Waals surface area contributed by atoms with Gasteiger partial charge in [-0.15, -0.1) is 0 Å². The predicted molar refractivity (Wildman–Crippen MR) is 61.3 cm³/mol. The monoisotopic (exact) mass is 426 g/mol. The molecule has 0 bridgehead atoms. The van der Waals surface area contributed by atoms with Crippen LogP contribution in [0.4, 0.5) is 14.6 Å². The van der Waals surface area contributed by atoms with Crippen molar-refractivity contribution in [1.82, 2.24) is 4.98 Å². The van der Waals surface area contributed by atoms with Gasteiger partial charge in [-0.3, -0.25) is 0 Å². The molecule has 0 N–H and O–H groups in total. The molecule has 1 aromatic rings. The third kappa shape index (κ3) is 2.46. The maximum Gasteiger partial charge on any atom is 0.365 e. The van der Waals surface area contributed by atoms with E-state index >= 15 is 0 Å². The number of aromatic nitrogens is 1. The second kappa shape index (κ2) is 4.59. The highest BCUT2D eigenvalue weighted by molar-refractivity contribution is 14.1. The molecule has 1 heterocycles. The first-order valence-corrected chi connectivity index (χ1v) is 5.37. The summed E-state index contributed by atoms with van der Waals surface area (Å²) in [5.74, 6) is -0.414. The highest BCUT2D eigenvalue weighted by atomic mass is 127. The van der Waals surface area contributed by atoms with E-state index < -0.39 is 17.2 Å². The quantitative estimate of drug-likeness (QED) is 0.316. The number of hydrogen-bond donors (Lipinski definition) is 0. The van der Waals surface area contributed by atoms with Gasteiger partial charge in [0.25, 0.3) is 6.43 Å². The van der Waals surface area contributed by atoms with E-state index in [2.05, 4.69) is 4.98 Å². The predicted octanol–water partition coefficient (Wildman–Crippen LogP) is 3.14. The number of rotatable bonds is 2. The molecule has 0 aromatic carbocycles. The smallest absolute Gasteiger partial charge is 0.358 e. The van der Waals surface area contributed by atoms with Crippen LogP contribution >= 0.6 is 45.2 Å². The van der Waals surface area contributed by atoms with Crippen LogP contribution in [0.5, 0.6) is 0 Å². The van der Waals surface area contributed by atoms with E-state index in [4.69, 9.17) is 0 Å². The Balaban J connectivity index is 3.32. The summed E-state index contributed by atoms with van der Waals surface area (Å²) >= 11 is 3.19. The largest absolute Gasteiger partial charge is 0.365 e. The van der Waals surface area contributed by atoms with Gasteiger partial charge in [0.05, 0.1) is 5.56 Å². The number of nitro groups is 1. The van der Waals surface area contributed by atoms with Crippen LogP contribution in [0.25, 0.3) is 0 Å². The van der Waals surface area contributed by atoms with E-state index in [1.807, 2.05) is 0 Å². The Morgan fingerprint density at radius 1 is 1.50 bits per heavy atom. The van der Waals surface area contributed by atoms with E-state index in [0.29, 0.717) is 0 Å². The minimum Gasteiger partial charge on any atom is -0.358 e. The molecule has 1 rings (SSSR count). The summed E-state index contributed by atoms with van der Waals surface area (Å²) in [6, 6.07) is 1.03. The molecule has 0 aliphatic carbocycles. The van der Waals surface area contributed by atoms with Crippen molar-refractivity contribution in [3.05, 3.63) is 29.0 Å². The van der Waals surface area contributed by atoms with Gasteiger partial charge in [-0.1, -0.05) is 0 Å². The molecule has 0 aliphatic rings. The summed E-state index contributed by atoms with van der Waals surface area (Å²) in [5.41, 5.74) is -0.253. The normalized spacial score (nSPS) is 10.6. The molecule has 8 heteroatoms. The number of hydrogen-bond acceptors (Lipinski definition) is 3. The van der Waals surface area contributed by atoms with Crippen LogP contribution in [-0.4, -0.2) is 9.91 Å². The summed E-state index contributed by atoms with van der Waals surface area (Å²) in [7, 11) is 0. The average molecular weight is 426 g/mol. The SMILES string of the molecule is O=[N+]([O-])c1cc(I)c(C(F)F)c(I)n1. The van der Waals surface area contributed by atoms with Crippen molar-refractivity contribution in [2.24, 2.45) is 0 Å². The maximum atomic E-state index is 12.4. The molecule has 0 fully saturated rings. The van der Waals surface area contributed by atoms with E-state index in [-0.39, 0.29) is 12.8 Å². The molecule has 0 aliphatic heterocycles. The van der Waals surface area contributed by atoms with Crippen molar-refractivity contribution < 1.29 is 13.7 Å². The molecular formula is C6H2F2I2N2O2. The van der Waals surface area contributed by atoms with Gasteiger partial charge in [-0.2, -0.15) is 0 Å². The Kier molecular flexibility index (Phi) is 3.92. The fourth-order valence-electron chi connectivity index (χ4n) is 0.771. The van der Waals surface area contributed by atoms with Crippen LogP contribution in [0.1, 0.15) is 12.0 Å². The van der Waals surface area contributed by atoms with E-state index in [9.17, 15) is 18.9 Å². The zero-order valence-corrected chi connectivity index (χ0v) is 10.7. The highest BCUT2D eigenvalue weighted by Crippen LogP contribution is 2.30. The van der Waals surface area contributed by atoms with Crippen LogP contribution in [0.15, 0.2) is 6.07 Å². The molecule has 0 radical (unpaired) electrons.